The molecule has 0 N–H and O–H groups in total. The Labute approximate surface area is 159 Å². The van der Waals surface area contributed by atoms with Gasteiger partial charge in [0.1, 0.15) is 24.7 Å². The van der Waals surface area contributed by atoms with Gasteiger partial charge in [0.15, 0.2) is 5.69 Å². The molecule has 27 heavy (non-hydrogen) atoms. The van der Waals surface area contributed by atoms with Crippen molar-refractivity contribution >= 4 is 5.69 Å². The van der Waals surface area contributed by atoms with Crippen molar-refractivity contribution in [2.24, 2.45) is 0 Å². The standard InChI is InChI=1S/C23H18N2O2/c1-17-9-19(15-26-22-7-3-5-18(12-22)14-24)11-20(10-17)16-27-23-8-4-6-21(13-23)25-2/h3-13H,15-16H2,1H3. The van der Waals surface area contributed by atoms with E-state index in [4.69, 9.17) is 21.3 Å². The van der Waals surface area contributed by atoms with Crippen LogP contribution in [0.1, 0.15) is 22.3 Å². The van der Waals surface area contributed by atoms with Crippen LogP contribution in [0.15, 0.2) is 66.7 Å². The maximum atomic E-state index is 8.97. The third-order valence-electron chi connectivity index (χ3n) is 3.92. The highest BCUT2D eigenvalue weighted by atomic mass is 16.5. The van der Waals surface area contributed by atoms with Crippen LogP contribution in [-0.2, 0) is 13.2 Å². The highest BCUT2D eigenvalue weighted by molar-refractivity contribution is 5.48. The summed E-state index contributed by atoms with van der Waals surface area (Å²) in [5.74, 6) is 1.35. The fraction of sp³-hybridized carbons (Fsp3) is 0.130. The molecule has 0 amide bonds. The van der Waals surface area contributed by atoms with Crippen LogP contribution in [0.3, 0.4) is 0 Å². The molecule has 0 saturated heterocycles. The molecule has 0 aliphatic carbocycles. The largest absolute Gasteiger partial charge is 0.490 e. The third-order valence-corrected chi connectivity index (χ3v) is 3.92. The summed E-state index contributed by atoms with van der Waals surface area (Å²) in [6.45, 7) is 9.93. The summed E-state index contributed by atoms with van der Waals surface area (Å²) in [5.41, 5.74) is 4.33. The van der Waals surface area contributed by atoms with Gasteiger partial charge in [0.25, 0.3) is 0 Å². The fourth-order valence-electron chi connectivity index (χ4n) is 2.75. The van der Waals surface area contributed by atoms with Crippen LogP contribution in [0.2, 0.25) is 0 Å². The first kappa shape index (κ1) is 18.0. The second-order valence-corrected chi connectivity index (χ2v) is 6.15. The van der Waals surface area contributed by atoms with Crippen molar-refractivity contribution in [1.29, 1.82) is 5.26 Å². The molecule has 3 aromatic carbocycles. The summed E-state index contributed by atoms with van der Waals surface area (Å²) < 4.78 is 11.6. The predicted molar refractivity (Wildman–Crippen MR) is 104 cm³/mol. The molecule has 0 aliphatic heterocycles. The lowest BCUT2D eigenvalue weighted by Gasteiger charge is -2.11. The number of hydrogen-bond donors (Lipinski definition) is 0. The van der Waals surface area contributed by atoms with Gasteiger partial charge in [-0.15, -0.1) is 0 Å². The van der Waals surface area contributed by atoms with Gasteiger partial charge in [0, 0.05) is 0 Å². The van der Waals surface area contributed by atoms with Crippen molar-refractivity contribution in [3.05, 3.63) is 100 Å². The number of ether oxygens (including phenoxy) is 2. The van der Waals surface area contributed by atoms with Crippen molar-refractivity contribution < 1.29 is 9.47 Å². The van der Waals surface area contributed by atoms with E-state index >= 15 is 0 Å². The Morgan fingerprint density at radius 2 is 1.52 bits per heavy atom. The van der Waals surface area contributed by atoms with Gasteiger partial charge in [0.2, 0.25) is 0 Å². The van der Waals surface area contributed by atoms with Crippen molar-refractivity contribution in [3.8, 4) is 17.6 Å². The topological polar surface area (TPSA) is 46.6 Å². The number of aryl methyl sites for hydroxylation is 1. The molecule has 132 valence electrons. The van der Waals surface area contributed by atoms with Crippen LogP contribution < -0.4 is 9.47 Å². The molecule has 0 heterocycles. The van der Waals surface area contributed by atoms with E-state index in [0.29, 0.717) is 36.0 Å². The van der Waals surface area contributed by atoms with Crippen molar-refractivity contribution in [2.45, 2.75) is 20.1 Å². The SMILES string of the molecule is [C-]#[N+]c1cccc(OCc2cc(C)cc(COc3cccc(C#N)c3)c2)c1. The molecular formula is C23H18N2O2. The van der Waals surface area contributed by atoms with E-state index in [1.807, 2.05) is 31.2 Å². The van der Waals surface area contributed by atoms with Gasteiger partial charge in [-0.25, -0.2) is 4.85 Å². The fourth-order valence-corrected chi connectivity index (χ4v) is 2.75. The minimum Gasteiger partial charge on any atom is -0.490 e. The van der Waals surface area contributed by atoms with Gasteiger partial charge in [-0.1, -0.05) is 35.9 Å². The molecular weight excluding hydrogens is 336 g/mol. The van der Waals surface area contributed by atoms with Crippen LogP contribution in [0.5, 0.6) is 11.5 Å². The first-order valence-electron chi connectivity index (χ1n) is 8.49. The van der Waals surface area contributed by atoms with Gasteiger partial charge in [-0.3, -0.25) is 0 Å². The van der Waals surface area contributed by atoms with Crippen molar-refractivity contribution in [1.82, 2.24) is 0 Å². The zero-order valence-electron chi connectivity index (χ0n) is 15.0. The Morgan fingerprint density at radius 3 is 2.15 bits per heavy atom. The van der Waals surface area contributed by atoms with E-state index in [1.165, 1.54) is 0 Å². The Morgan fingerprint density at radius 1 is 0.889 bits per heavy atom. The van der Waals surface area contributed by atoms with Crippen LogP contribution in [0.25, 0.3) is 4.85 Å². The molecule has 0 aromatic heterocycles. The van der Waals surface area contributed by atoms with E-state index in [2.05, 4.69) is 23.0 Å². The molecule has 3 aromatic rings. The summed E-state index contributed by atoms with van der Waals surface area (Å²) in [5, 5.41) is 8.97. The minimum absolute atomic E-state index is 0.413. The number of nitriles is 1. The zero-order valence-corrected chi connectivity index (χ0v) is 15.0. The number of rotatable bonds is 6. The highest BCUT2D eigenvalue weighted by Crippen LogP contribution is 2.22. The number of benzene rings is 3. The maximum absolute atomic E-state index is 8.97. The summed E-state index contributed by atoms with van der Waals surface area (Å²) in [4.78, 5) is 3.41. The second kappa shape index (κ2) is 8.56. The molecule has 0 atom stereocenters. The molecule has 4 nitrogen and oxygen atoms in total. The third kappa shape index (κ3) is 5.11. The molecule has 0 radical (unpaired) electrons. The lowest BCUT2D eigenvalue weighted by Crippen LogP contribution is -2.00. The number of hydrogen-bond acceptors (Lipinski definition) is 3. The molecule has 0 bridgehead atoms. The van der Waals surface area contributed by atoms with E-state index in [-0.39, 0.29) is 0 Å². The molecule has 0 unspecified atom stereocenters. The van der Waals surface area contributed by atoms with E-state index in [9.17, 15) is 0 Å². The lowest BCUT2D eigenvalue weighted by molar-refractivity contribution is 0.300. The van der Waals surface area contributed by atoms with E-state index < -0.39 is 0 Å². The van der Waals surface area contributed by atoms with E-state index in [0.717, 1.165) is 16.7 Å². The molecule has 0 aliphatic rings. The first-order valence-corrected chi connectivity index (χ1v) is 8.49. The normalized spacial score (nSPS) is 9.89. The Balaban J connectivity index is 1.66. The molecule has 0 saturated carbocycles. The summed E-state index contributed by atoms with van der Waals surface area (Å²) >= 11 is 0. The highest BCUT2D eigenvalue weighted by Gasteiger charge is 2.03. The van der Waals surface area contributed by atoms with Crippen LogP contribution >= 0.6 is 0 Å². The summed E-state index contributed by atoms with van der Waals surface area (Å²) in [6.07, 6.45) is 0. The van der Waals surface area contributed by atoms with Crippen LogP contribution in [0.4, 0.5) is 5.69 Å². The smallest absolute Gasteiger partial charge is 0.190 e. The average molecular weight is 354 g/mol. The Hall–Kier alpha value is -3.76. The monoisotopic (exact) mass is 354 g/mol. The summed E-state index contributed by atoms with van der Waals surface area (Å²) in [7, 11) is 0. The van der Waals surface area contributed by atoms with Crippen LogP contribution in [0, 0.1) is 24.8 Å². The van der Waals surface area contributed by atoms with Crippen molar-refractivity contribution in [2.75, 3.05) is 0 Å². The maximum Gasteiger partial charge on any atom is 0.190 e. The van der Waals surface area contributed by atoms with E-state index in [1.54, 1.807) is 30.3 Å². The molecule has 0 spiro atoms. The van der Waals surface area contributed by atoms with Gasteiger partial charge >= 0.3 is 0 Å². The Bertz CT molecular complexity index is 949. The van der Waals surface area contributed by atoms with Crippen LogP contribution in [-0.4, -0.2) is 0 Å². The second-order valence-electron chi connectivity index (χ2n) is 6.15. The molecule has 0 fully saturated rings. The van der Waals surface area contributed by atoms with Gasteiger partial charge < -0.3 is 9.47 Å². The van der Waals surface area contributed by atoms with Gasteiger partial charge in [0.05, 0.1) is 18.2 Å². The quantitative estimate of drug-likeness (QED) is 0.543. The van der Waals surface area contributed by atoms with Crippen molar-refractivity contribution in [3.63, 3.8) is 0 Å². The molecule has 4 heteroatoms. The lowest BCUT2D eigenvalue weighted by atomic mass is 10.1. The Kier molecular flexibility index (Phi) is 5.72. The van der Waals surface area contributed by atoms with Gasteiger partial charge in [-0.2, -0.15) is 5.26 Å². The average Bonchev–Trinajstić information content (AvgIpc) is 2.71. The number of nitrogens with zero attached hydrogens (tertiary/aromatic N) is 2. The summed E-state index contributed by atoms with van der Waals surface area (Å²) in [6, 6.07) is 22.5. The predicted octanol–water partition coefficient (Wildman–Crippen LogP) is 5.58. The molecule has 3 rings (SSSR count). The van der Waals surface area contributed by atoms with Gasteiger partial charge in [-0.05, 0) is 54.4 Å². The zero-order chi connectivity index (χ0) is 19.1. The first-order chi connectivity index (χ1) is 13.2. The minimum atomic E-state index is 0.413.